The highest BCUT2D eigenvalue weighted by Gasteiger charge is 2.17. The van der Waals surface area contributed by atoms with Crippen molar-refractivity contribution in [2.24, 2.45) is 7.05 Å². The zero-order valence-corrected chi connectivity index (χ0v) is 19.6. The summed E-state index contributed by atoms with van der Waals surface area (Å²) in [7, 11) is 10.1. The first-order valence-corrected chi connectivity index (χ1v) is 10.9. The average molecular weight is 426 g/mol. The smallest absolute Gasteiger partial charge is 0.251 e. The molecule has 1 amide bonds. The minimum absolute atomic E-state index is 0.0655. The highest BCUT2D eigenvalue weighted by Crippen LogP contribution is 2.33. The number of nitrogens with zero attached hydrogens (tertiary/aromatic N) is 5. The second-order valence-corrected chi connectivity index (χ2v) is 8.62. The van der Waals surface area contributed by atoms with E-state index in [1.54, 1.807) is 0 Å². The van der Waals surface area contributed by atoms with Crippen molar-refractivity contribution in [3.63, 3.8) is 0 Å². The molecule has 0 bridgehead atoms. The summed E-state index contributed by atoms with van der Waals surface area (Å²) in [6.07, 6.45) is 1.95. The van der Waals surface area contributed by atoms with Crippen molar-refractivity contribution < 1.29 is 4.79 Å². The quantitative estimate of drug-likeness (QED) is 0.486. The Hall–Kier alpha value is -2.71. The van der Waals surface area contributed by atoms with E-state index >= 15 is 0 Å². The predicted octanol–water partition coefficient (Wildman–Crippen LogP) is 2.48. The van der Waals surface area contributed by atoms with Crippen LogP contribution in [0.5, 0.6) is 0 Å². The Morgan fingerprint density at radius 1 is 1.06 bits per heavy atom. The molecule has 1 aromatic carbocycles. The number of carbonyl (C=O) groups excluding carboxylic acids is 1. The lowest BCUT2D eigenvalue weighted by molar-refractivity contribution is 0.0952. The van der Waals surface area contributed by atoms with E-state index in [0.29, 0.717) is 12.1 Å². The van der Waals surface area contributed by atoms with Gasteiger partial charge in [-0.15, -0.1) is 0 Å². The Balaban J connectivity index is 1.90. The van der Waals surface area contributed by atoms with Crippen LogP contribution in [-0.2, 0) is 7.05 Å². The molecule has 2 aromatic heterocycles. The second-order valence-electron chi connectivity index (χ2n) is 8.62. The molecule has 2 N–H and O–H groups in total. The van der Waals surface area contributed by atoms with Crippen molar-refractivity contribution in [1.29, 1.82) is 0 Å². The number of fused-ring (bicyclic) bond motifs is 2. The van der Waals surface area contributed by atoms with Crippen LogP contribution in [0.4, 0.5) is 5.69 Å². The molecule has 0 unspecified atom stereocenters. The maximum Gasteiger partial charge on any atom is 0.251 e. The molecule has 3 rings (SSSR count). The molecule has 0 atom stereocenters. The predicted molar refractivity (Wildman–Crippen MR) is 128 cm³/mol. The number of nitrogens with one attached hydrogen (secondary N) is 2. The molecule has 0 saturated heterocycles. The summed E-state index contributed by atoms with van der Waals surface area (Å²) >= 11 is 0. The van der Waals surface area contributed by atoms with Crippen molar-refractivity contribution in [3.8, 4) is 0 Å². The third-order valence-corrected chi connectivity index (χ3v) is 5.35. The number of hydrogen-bond acceptors (Lipinski definition) is 6. The summed E-state index contributed by atoms with van der Waals surface area (Å²) in [6.45, 7) is 5.48. The fourth-order valence-corrected chi connectivity index (χ4v) is 3.78. The van der Waals surface area contributed by atoms with E-state index in [0.717, 1.165) is 65.8 Å². The molecule has 8 heteroatoms. The summed E-state index contributed by atoms with van der Waals surface area (Å²) in [6, 6.07) is 5.76. The Labute approximate surface area is 184 Å². The first kappa shape index (κ1) is 23.0. The van der Waals surface area contributed by atoms with E-state index < -0.39 is 0 Å². The number of benzene rings is 1. The zero-order chi connectivity index (χ0) is 22.5. The second kappa shape index (κ2) is 10.1. The third-order valence-electron chi connectivity index (χ3n) is 5.35. The van der Waals surface area contributed by atoms with Crippen LogP contribution < -0.4 is 10.6 Å². The van der Waals surface area contributed by atoms with Gasteiger partial charge in [-0.05, 0) is 79.2 Å². The summed E-state index contributed by atoms with van der Waals surface area (Å²) in [5.74, 6) is -0.0655. The van der Waals surface area contributed by atoms with Gasteiger partial charge in [-0.25, -0.2) is 4.98 Å². The molecular formula is C23H35N7O. The van der Waals surface area contributed by atoms with E-state index in [1.165, 1.54) is 0 Å². The maximum absolute atomic E-state index is 12.6. The van der Waals surface area contributed by atoms with E-state index in [9.17, 15) is 4.79 Å². The number of carbonyl (C=O) groups is 1. The molecule has 2 heterocycles. The minimum atomic E-state index is -0.0655. The monoisotopic (exact) mass is 425 g/mol. The lowest BCUT2D eigenvalue weighted by Crippen LogP contribution is -2.27. The van der Waals surface area contributed by atoms with Gasteiger partial charge in [-0.1, -0.05) is 0 Å². The average Bonchev–Trinajstić information content (AvgIpc) is 3.00. The topological polar surface area (TPSA) is 78.3 Å². The molecule has 168 valence electrons. The number of aromatic nitrogens is 3. The Morgan fingerprint density at radius 3 is 2.42 bits per heavy atom. The molecule has 0 aliphatic rings. The molecular weight excluding hydrogens is 390 g/mol. The molecule has 31 heavy (non-hydrogen) atoms. The van der Waals surface area contributed by atoms with Gasteiger partial charge in [0.25, 0.3) is 5.91 Å². The van der Waals surface area contributed by atoms with E-state index in [-0.39, 0.29) is 5.91 Å². The normalized spacial score (nSPS) is 11.7. The van der Waals surface area contributed by atoms with E-state index in [4.69, 9.17) is 4.98 Å². The van der Waals surface area contributed by atoms with Crippen LogP contribution in [0.15, 0.2) is 18.2 Å². The third kappa shape index (κ3) is 5.51. The largest absolute Gasteiger partial charge is 0.384 e. The first-order chi connectivity index (χ1) is 14.8. The first-order valence-electron chi connectivity index (χ1n) is 10.9. The molecule has 0 radical (unpaired) electrons. The molecule has 0 aliphatic carbocycles. The van der Waals surface area contributed by atoms with Crippen LogP contribution >= 0.6 is 0 Å². The van der Waals surface area contributed by atoms with Gasteiger partial charge in [-0.3, -0.25) is 9.48 Å². The van der Waals surface area contributed by atoms with Gasteiger partial charge in [-0.2, -0.15) is 5.10 Å². The van der Waals surface area contributed by atoms with Gasteiger partial charge in [0.05, 0.1) is 22.3 Å². The van der Waals surface area contributed by atoms with Gasteiger partial charge in [0.1, 0.15) is 0 Å². The summed E-state index contributed by atoms with van der Waals surface area (Å²) in [5, 5.41) is 13.3. The van der Waals surface area contributed by atoms with Crippen LogP contribution in [0.3, 0.4) is 0 Å². The van der Waals surface area contributed by atoms with Crippen LogP contribution in [0.2, 0.25) is 0 Å². The van der Waals surface area contributed by atoms with Gasteiger partial charge in [0.15, 0.2) is 5.65 Å². The van der Waals surface area contributed by atoms with Gasteiger partial charge in [0.2, 0.25) is 0 Å². The van der Waals surface area contributed by atoms with Crippen molar-refractivity contribution in [2.45, 2.75) is 19.8 Å². The SMILES string of the molecule is Cc1nn(C)c2nc3cc(C(=O)NCCCN(C)C)ccc3c(NCCCN(C)C)c12. The van der Waals surface area contributed by atoms with Crippen LogP contribution in [0.1, 0.15) is 28.9 Å². The lowest BCUT2D eigenvalue weighted by atomic mass is 10.1. The van der Waals surface area contributed by atoms with Crippen LogP contribution in [-0.4, -0.2) is 84.8 Å². The molecule has 3 aromatic rings. The van der Waals surface area contributed by atoms with E-state index in [2.05, 4.69) is 39.6 Å². The summed E-state index contributed by atoms with van der Waals surface area (Å²) < 4.78 is 1.81. The van der Waals surface area contributed by atoms with Gasteiger partial charge >= 0.3 is 0 Å². The van der Waals surface area contributed by atoms with Gasteiger partial charge in [0, 0.05) is 31.1 Å². The number of rotatable bonds is 10. The standard InChI is InChI=1S/C23H35N7O/c1-16-20-21(24-11-7-13-28(2)3)18-10-9-17(23(31)25-12-8-14-29(4)5)15-19(18)26-22(20)30(6)27-16/h9-10,15H,7-8,11-14H2,1-6H3,(H,24,26)(H,25,31). The lowest BCUT2D eigenvalue weighted by Gasteiger charge is -2.14. The Morgan fingerprint density at radius 2 is 1.74 bits per heavy atom. The maximum atomic E-state index is 12.6. The van der Waals surface area contributed by atoms with Crippen molar-refractivity contribution in [2.75, 3.05) is 59.7 Å². The molecule has 0 fully saturated rings. The molecule has 0 spiro atoms. The fraction of sp³-hybridized carbons (Fsp3) is 0.522. The number of pyridine rings is 1. The zero-order valence-electron chi connectivity index (χ0n) is 19.6. The summed E-state index contributed by atoms with van der Waals surface area (Å²) in [4.78, 5) is 21.8. The summed E-state index contributed by atoms with van der Waals surface area (Å²) in [5.41, 5.74) is 4.24. The van der Waals surface area contributed by atoms with Gasteiger partial charge < -0.3 is 20.4 Å². The van der Waals surface area contributed by atoms with Crippen LogP contribution in [0.25, 0.3) is 21.9 Å². The van der Waals surface area contributed by atoms with Crippen LogP contribution in [0, 0.1) is 6.92 Å². The van der Waals surface area contributed by atoms with Crippen molar-refractivity contribution >= 4 is 33.5 Å². The molecule has 8 nitrogen and oxygen atoms in total. The number of amides is 1. The highest BCUT2D eigenvalue weighted by atomic mass is 16.1. The minimum Gasteiger partial charge on any atom is -0.384 e. The number of hydrogen-bond donors (Lipinski definition) is 2. The Bertz CT molecular complexity index is 1060. The number of anilines is 1. The van der Waals surface area contributed by atoms with Crippen molar-refractivity contribution in [1.82, 2.24) is 29.9 Å². The molecule has 0 aliphatic heterocycles. The molecule has 0 saturated carbocycles. The fourth-order valence-electron chi connectivity index (χ4n) is 3.78. The van der Waals surface area contributed by atoms with E-state index in [1.807, 2.05) is 50.9 Å². The Kier molecular flexibility index (Phi) is 7.46. The number of aryl methyl sites for hydroxylation is 2. The van der Waals surface area contributed by atoms with Crippen molar-refractivity contribution in [3.05, 3.63) is 29.5 Å². The highest BCUT2D eigenvalue weighted by molar-refractivity contribution is 6.09.